The zero-order chi connectivity index (χ0) is 18.3. The van der Waals surface area contributed by atoms with Crippen LogP contribution in [0.1, 0.15) is 12.0 Å². The quantitative estimate of drug-likeness (QED) is 0.630. The molecule has 1 aliphatic heterocycles. The molecule has 3 aromatic rings. The molecule has 2 aromatic heterocycles. The van der Waals surface area contributed by atoms with E-state index < -0.39 is 5.60 Å². The largest absolute Gasteiger partial charge is 0.382 e. The molecule has 0 bridgehead atoms. The van der Waals surface area contributed by atoms with Gasteiger partial charge in [0.25, 0.3) is 5.91 Å². The first-order valence-electron chi connectivity index (χ1n) is 7.95. The van der Waals surface area contributed by atoms with Gasteiger partial charge in [-0.15, -0.1) is 11.3 Å². The Hall–Kier alpha value is -3.02. The summed E-state index contributed by atoms with van der Waals surface area (Å²) in [7, 11) is 1.66. The number of aromatic nitrogens is 3. The van der Waals surface area contributed by atoms with E-state index in [2.05, 4.69) is 26.8 Å². The predicted octanol–water partition coefficient (Wildman–Crippen LogP) is 1.28. The summed E-state index contributed by atoms with van der Waals surface area (Å²) in [6, 6.07) is 7.45. The summed E-state index contributed by atoms with van der Waals surface area (Å²) in [5.41, 5.74) is 6.37. The predicted molar refractivity (Wildman–Crippen MR) is 99.1 cm³/mol. The molecule has 1 atom stereocenters. The van der Waals surface area contributed by atoms with E-state index in [1.165, 1.54) is 22.6 Å². The summed E-state index contributed by atoms with van der Waals surface area (Å²) in [4.78, 5) is 26.1. The minimum Gasteiger partial charge on any atom is -0.382 e. The van der Waals surface area contributed by atoms with Crippen LogP contribution in [0.4, 0.5) is 5.82 Å². The molecule has 0 saturated carbocycles. The van der Waals surface area contributed by atoms with Crippen LogP contribution in [-0.2, 0) is 4.79 Å². The van der Waals surface area contributed by atoms with Crippen LogP contribution in [0.3, 0.4) is 0 Å². The van der Waals surface area contributed by atoms with Crippen molar-refractivity contribution in [3.05, 3.63) is 36.2 Å². The Morgan fingerprint density at radius 1 is 1.38 bits per heavy atom. The van der Waals surface area contributed by atoms with Crippen LogP contribution >= 0.6 is 11.3 Å². The van der Waals surface area contributed by atoms with E-state index in [9.17, 15) is 9.90 Å². The van der Waals surface area contributed by atoms with E-state index in [0.29, 0.717) is 30.0 Å². The van der Waals surface area contributed by atoms with Crippen LogP contribution in [0, 0.1) is 11.8 Å². The SMILES string of the molecule is CN1CC[C@@](O)(C#Cc2cccc(-c3nc4ncnc(N)c4s3)c2)C1=O. The molecule has 8 heteroatoms. The molecule has 3 N–H and O–H groups in total. The molecule has 0 aliphatic carbocycles. The van der Waals surface area contributed by atoms with Crippen LogP contribution < -0.4 is 5.73 Å². The number of amides is 1. The second-order valence-electron chi connectivity index (χ2n) is 6.10. The second kappa shape index (κ2) is 6.05. The van der Waals surface area contributed by atoms with E-state index >= 15 is 0 Å². The van der Waals surface area contributed by atoms with Crippen molar-refractivity contribution in [1.29, 1.82) is 0 Å². The Balaban J connectivity index is 1.68. The lowest BCUT2D eigenvalue weighted by atomic mass is 10.0. The number of carbonyl (C=O) groups excluding carboxylic acids is 1. The van der Waals surface area contributed by atoms with Gasteiger partial charge in [0.05, 0.1) is 0 Å². The van der Waals surface area contributed by atoms with Crippen molar-refractivity contribution >= 4 is 33.4 Å². The number of benzene rings is 1. The van der Waals surface area contributed by atoms with Gasteiger partial charge >= 0.3 is 0 Å². The number of nitrogen functional groups attached to an aromatic ring is 1. The summed E-state index contributed by atoms with van der Waals surface area (Å²) in [5.74, 6) is 5.68. The van der Waals surface area contributed by atoms with Crippen LogP contribution in [0.15, 0.2) is 30.6 Å². The van der Waals surface area contributed by atoms with E-state index in [-0.39, 0.29) is 5.91 Å². The molecule has 0 radical (unpaired) electrons. The molecule has 26 heavy (non-hydrogen) atoms. The van der Waals surface area contributed by atoms with Crippen LogP contribution in [0.5, 0.6) is 0 Å². The Morgan fingerprint density at radius 2 is 2.23 bits per heavy atom. The van der Waals surface area contributed by atoms with Gasteiger partial charge in [-0.05, 0) is 12.1 Å². The summed E-state index contributed by atoms with van der Waals surface area (Å²) in [5, 5.41) is 11.2. The third kappa shape index (κ3) is 2.77. The van der Waals surface area contributed by atoms with Crippen molar-refractivity contribution in [2.75, 3.05) is 19.3 Å². The highest BCUT2D eigenvalue weighted by atomic mass is 32.1. The highest BCUT2D eigenvalue weighted by molar-refractivity contribution is 7.22. The smallest absolute Gasteiger partial charge is 0.267 e. The fraction of sp³-hybridized carbons (Fsp3) is 0.222. The zero-order valence-corrected chi connectivity index (χ0v) is 14.7. The molecule has 1 aliphatic rings. The lowest BCUT2D eigenvalue weighted by Gasteiger charge is -2.13. The summed E-state index contributed by atoms with van der Waals surface area (Å²) >= 11 is 1.41. The Bertz CT molecular complexity index is 1080. The number of rotatable bonds is 1. The Kier molecular flexibility index (Phi) is 3.83. The molecule has 1 aromatic carbocycles. The first-order valence-corrected chi connectivity index (χ1v) is 8.76. The number of thiazole rings is 1. The van der Waals surface area contributed by atoms with Crippen molar-refractivity contribution in [2.24, 2.45) is 0 Å². The van der Waals surface area contributed by atoms with E-state index in [0.717, 1.165) is 15.3 Å². The van der Waals surface area contributed by atoms with Gasteiger partial charge in [0, 0.05) is 31.1 Å². The molecule has 1 fully saturated rings. The van der Waals surface area contributed by atoms with Gasteiger partial charge in [0.1, 0.15) is 21.9 Å². The maximum absolute atomic E-state index is 12.0. The van der Waals surface area contributed by atoms with E-state index in [1.807, 2.05) is 24.3 Å². The number of fused-ring (bicyclic) bond motifs is 1. The average Bonchev–Trinajstić information content (AvgIpc) is 3.19. The van der Waals surface area contributed by atoms with Crippen molar-refractivity contribution in [3.63, 3.8) is 0 Å². The third-order valence-corrected chi connectivity index (χ3v) is 5.37. The molecule has 7 nitrogen and oxygen atoms in total. The van der Waals surface area contributed by atoms with Gasteiger partial charge in [-0.25, -0.2) is 15.0 Å². The lowest BCUT2D eigenvalue weighted by Crippen LogP contribution is -2.37. The van der Waals surface area contributed by atoms with Gasteiger partial charge in [-0.1, -0.05) is 24.0 Å². The average molecular weight is 365 g/mol. The van der Waals surface area contributed by atoms with E-state index in [1.54, 1.807) is 7.05 Å². The van der Waals surface area contributed by atoms with Crippen LogP contribution in [0.25, 0.3) is 20.9 Å². The third-order valence-electron chi connectivity index (χ3n) is 4.25. The maximum Gasteiger partial charge on any atom is 0.267 e. The fourth-order valence-corrected chi connectivity index (χ4v) is 3.69. The molecule has 3 heterocycles. The fourth-order valence-electron chi connectivity index (χ4n) is 2.77. The maximum atomic E-state index is 12.0. The molecule has 4 rings (SSSR count). The van der Waals surface area contributed by atoms with Crippen LogP contribution in [0.2, 0.25) is 0 Å². The number of hydrogen-bond acceptors (Lipinski definition) is 7. The summed E-state index contributed by atoms with van der Waals surface area (Å²) < 4.78 is 0.743. The molecule has 130 valence electrons. The Labute approximate surface area is 153 Å². The topological polar surface area (TPSA) is 105 Å². The number of hydrogen-bond donors (Lipinski definition) is 2. The van der Waals surface area contributed by atoms with E-state index in [4.69, 9.17) is 5.73 Å². The number of nitrogens with zero attached hydrogens (tertiary/aromatic N) is 4. The number of anilines is 1. The van der Waals surface area contributed by atoms with Gasteiger partial charge < -0.3 is 15.7 Å². The lowest BCUT2D eigenvalue weighted by molar-refractivity contribution is -0.137. The minimum atomic E-state index is -1.61. The van der Waals surface area contributed by atoms with Crippen molar-refractivity contribution < 1.29 is 9.90 Å². The number of carbonyl (C=O) groups is 1. The van der Waals surface area contributed by atoms with Crippen molar-refractivity contribution in [1.82, 2.24) is 19.9 Å². The molecule has 0 unspecified atom stereocenters. The van der Waals surface area contributed by atoms with Gasteiger partial charge in [0.2, 0.25) is 5.60 Å². The number of aliphatic hydroxyl groups is 1. The Morgan fingerprint density at radius 3 is 2.96 bits per heavy atom. The first kappa shape index (κ1) is 16.4. The van der Waals surface area contributed by atoms with Crippen molar-refractivity contribution in [3.8, 4) is 22.4 Å². The normalized spacial score (nSPS) is 19.6. The number of nitrogens with two attached hydrogens (primary N) is 1. The van der Waals surface area contributed by atoms with Gasteiger partial charge in [0.15, 0.2) is 5.65 Å². The van der Waals surface area contributed by atoms with Gasteiger partial charge in [-0.3, -0.25) is 4.79 Å². The highest BCUT2D eigenvalue weighted by Gasteiger charge is 2.42. The van der Waals surface area contributed by atoms with Gasteiger partial charge in [-0.2, -0.15) is 0 Å². The molecular weight excluding hydrogens is 350 g/mol. The highest BCUT2D eigenvalue weighted by Crippen LogP contribution is 2.31. The molecule has 1 saturated heterocycles. The zero-order valence-electron chi connectivity index (χ0n) is 13.9. The second-order valence-corrected chi connectivity index (χ2v) is 7.10. The number of likely N-dealkylation sites (tertiary alicyclic amines) is 1. The first-order chi connectivity index (χ1) is 12.5. The summed E-state index contributed by atoms with van der Waals surface area (Å²) in [6.45, 7) is 0.498. The van der Waals surface area contributed by atoms with Crippen LogP contribution in [-0.4, -0.2) is 50.1 Å². The summed E-state index contributed by atoms with van der Waals surface area (Å²) in [6.07, 6.45) is 1.70. The monoisotopic (exact) mass is 365 g/mol. The molecule has 0 spiro atoms. The molecule has 1 amide bonds. The standard InChI is InChI=1S/C18H15N5O2S/c1-23-8-7-18(25,17(23)24)6-5-11-3-2-4-12(9-11)16-22-15-13(26-16)14(19)20-10-21-15/h2-4,9-10,25H,7-8H2,1H3,(H2,19,20,21)/t18-/m0/s1. The number of likely N-dealkylation sites (N-methyl/N-ethyl adjacent to an activating group) is 1. The van der Waals surface area contributed by atoms with Crippen molar-refractivity contribution in [2.45, 2.75) is 12.0 Å². The molecular formula is C18H15N5O2S. The minimum absolute atomic E-state index is 0.310.